The fourth-order valence-electron chi connectivity index (χ4n) is 3.13. The van der Waals surface area contributed by atoms with Crippen LogP contribution in [0.1, 0.15) is 50.3 Å². The summed E-state index contributed by atoms with van der Waals surface area (Å²) in [5, 5.41) is -0.866. The summed E-state index contributed by atoms with van der Waals surface area (Å²) < 4.78 is 45.1. The van der Waals surface area contributed by atoms with Gasteiger partial charge >= 0.3 is 12.3 Å². The molecule has 0 saturated carbocycles. The van der Waals surface area contributed by atoms with E-state index < -0.39 is 22.9 Å². The van der Waals surface area contributed by atoms with Crippen molar-refractivity contribution in [1.82, 2.24) is 9.88 Å². The van der Waals surface area contributed by atoms with E-state index in [2.05, 4.69) is 4.98 Å². The van der Waals surface area contributed by atoms with Gasteiger partial charge in [-0.2, -0.15) is 13.2 Å². The van der Waals surface area contributed by atoms with Crippen LogP contribution in [0, 0.1) is 12.8 Å². The molecule has 1 aliphatic rings. The molecule has 8 heteroatoms. The van der Waals surface area contributed by atoms with Crippen molar-refractivity contribution in [2.45, 2.75) is 52.8 Å². The second-order valence-corrected chi connectivity index (χ2v) is 9.20. The third-order valence-electron chi connectivity index (χ3n) is 4.37. The molecule has 4 nitrogen and oxygen atoms in total. The molecule has 2 heterocycles. The lowest BCUT2D eigenvalue weighted by Crippen LogP contribution is -2.39. The molecule has 0 saturated heterocycles. The summed E-state index contributed by atoms with van der Waals surface area (Å²) in [6, 6.07) is 3.33. The van der Waals surface area contributed by atoms with Gasteiger partial charge in [-0.1, -0.05) is 13.0 Å². The first kappa shape index (κ1) is 20.6. The van der Waals surface area contributed by atoms with Gasteiger partial charge in [-0.15, -0.1) is 11.3 Å². The highest BCUT2D eigenvalue weighted by Gasteiger charge is 2.35. The number of nitrogens with zero attached hydrogens (tertiary/aromatic N) is 2. The number of ether oxygens (including phenoxy) is 1. The number of rotatable bonds is 1. The van der Waals surface area contributed by atoms with Crippen LogP contribution in [0.3, 0.4) is 0 Å². The van der Waals surface area contributed by atoms with Crippen molar-refractivity contribution in [3.05, 3.63) is 34.3 Å². The molecule has 0 fully saturated rings. The lowest BCUT2D eigenvalue weighted by atomic mass is 9.96. The Morgan fingerprint density at radius 1 is 1.29 bits per heavy atom. The number of allylic oxidation sites excluding steroid dienone is 1. The molecular weight excluding hydrogens is 389 g/mol. The van der Waals surface area contributed by atoms with Gasteiger partial charge < -0.3 is 4.74 Å². The van der Waals surface area contributed by atoms with Crippen LogP contribution in [0.4, 0.5) is 18.0 Å². The second kappa shape index (κ2) is 7.06. The van der Waals surface area contributed by atoms with Crippen molar-refractivity contribution in [1.29, 1.82) is 0 Å². The number of thiazole rings is 1. The van der Waals surface area contributed by atoms with Crippen LogP contribution >= 0.6 is 11.3 Å². The monoisotopic (exact) mass is 412 g/mol. The van der Waals surface area contributed by atoms with Crippen molar-refractivity contribution >= 4 is 33.3 Å². The lowest BCUT2D eigenvalue weighted by Gasteiger charge is -2.34. The molecule has 0 aliphatic carbocycles. The maximum atomic E-state index is 13.0. The Labute approximate surface area is 166 Å². The summed E-state index contributed by atoms with van der Waals surface area (Å²) in [4.78, 5) is 18.1. The number of benzene rings is 1. The third-order valence-corrected chi connectivity index (χ3v) is 5.43. The molecule has 1 aromatic carbocycles. The Kier molecular flexibility index (Phi) is 5.20. The number of aryl methyl sites for hydroxylation is 1. The maximum absolute atomic E-state index is 13.0. The molecule has 1 unspecified atom stereocenters. The molecule has 3 rings (SSSR count). The summed E-state index contributed by atoms with van der Waals surface area (Å²) in [5.74, 6) is 0.261. The van der Waals surface area contributed by atoms with E-state index in [-0.39, 0.29) is 11.4 Å². The fourth-order valence-corrected chi connectivity index (χ4v) is 4.04. The highest BCUT2D eigenvalue weighted by molar-refractivity contribution is 7.18. The zero-order valence-corrected chi connectivity index (χ0v) is 17.3. The van der Waals surface area contributed by atoms with E-state index in [1.165, 1.54) is 0 Å². The first-order chi connectivity index (χ1) is 12.8. The van der Waals surface area contributed by atoms with Crippen LogP contribution in [0.15, 0.2) is 18.2 Å². The predicted molar refractivity (Wildman–Crippen MR) is 104 cm³/mol. The van der Waals surface area contributed by atoms with Crippen molar-refractivity contribution in [3.63, 3.8) is 0 Å². The molecule has 0 N–H and O–H groups in total. The standard InChI is InChI=1S/C20H23F3N2O2S/c1-11-6-7-15(25(10-11)18(26)27-19(3,4)5)13-9-14-16(8-12(13)2)28-17(24-14)20(21,22)23/h7-9,11H,6,10H2,1-5H3. The minimum atomic E-state index is -4.47. The van der Waals surface area contributed by atoms with Gasteiger partial charge in [0.05, 0.1) is 15.9 Å². The van der Waals surface area contributed by atoms with Crippen molar-refractivity contribution < 1.29 is 22.7 Å². The zero-order valence-electron chi connectivity index (χ0n) is 16.5. The Bertz CT molecular complexity index is 941. The van der Waals surface area contributed by atoms with Gasteiger partial charge in [-0.05, 0) is 57.7 Å². The maximum Gasteiger partial charge on any atom is 0.443 e. The fraction of sp³-hybridized carbons (Fsp3) is 0.500. The molecule has 0 radical (unpaired) electrons. The molecule has 0 spiro atoms. The van der Waals surface area contributed by atoms with Gasteiger partial charge in [0.25, 0.3) is 0 Å². The molecule has 2 aromatic rings. The Morgan fingerprint density at radius 2 is 1.96 bits per heavy atom. The van der Waals surface area contributed by atoms with Gasteiger partial charge in [0.2, 0.25) is 0 Å². The SMILES string of the molecule is Cc1cc2sc(C(F)(F)F)nc2cc1C1=CCC(C)CN1C(=O)OC(C)(C)C. The predicted octanol–water partition coefficient (Wildman–Crippen LogP) is 6.24. The van der Waals surface area contributed by atoms with E-state index in [9.17, 15) is 18.0 Å². The van der Waals surface area contributed by atoms with Gasteiger partial charge in [0.15, 0.2) is 5.01 Å². The van der Waals surface area contributed by atoms with Gasteiger partial charge in [0.1, 0.15) is 5.60 Å². The smallest absolute Gasteiger partial charge is 0.443 e. The van der Waals surface area contributed by atoms with E-state index in [0.717, 1.165) is 12.0 Å². The molecule has 0 bridgehead atoms. The first-order valence-electron chi connectivity index (χ1n) is 9.04. The number of fused-ring (bicyclic) bond motifs is 1. The minimum Gasteiger partial charge on any atom is -0.443 e. The largest absolute Gasteiger partial charge is 0.443 e. The Hall–Kier alpha value is -2.09. The normalized spacial score (nSPS) is 18.4. The number of alkyl halides is 3. The average Bonchev–Trinajstić information content (AvgIpc) is 2.95. The van der Waals surface area contributed by atoms with Crippen LogP contribution < -0.4 is 0 Å². The zero-order chi connectivity index (χ0) is 20.9. The molecule has 1 aliphatic heterocycles. The third kappa shape index (κ3) is 4.32. The van der Waals surface area contributed by atoms with E-state index >= 15 is 0 Å². The highest BCUT2D eigenvalue weighted by Crippen LogP contribution is 2.38. The van der Waals surface area contributed by atoms with Crippen LogP contribution in [0.5, 0.6) is 0 Å². The van der Waals surface area contributed by atoms with Crippen molar-refractivity contribution in [2.75, 3.05) is 6.54 Å². The molecular formula is C20H23F3N2O2S. The molecule has 1 amide bonds. The van der Waals surface area contributed by atoms with Crippen LogP contribution in [-0.2, 0) is 10.9 Å². The van der Waals surface area contributed by atoms with E-state index in [1.54, 1.807) is 37.8 Å². The summed E-state index contributed by atoms with van der Waals surface area (Å²) in [7, 11) is 0. The number of carbonyl (C=O) groups excluding carboxylic acids is 1. The topological polar surface area (TPSA) is 42.4 Å². The number of halogens is 3. The lowest BCUT2D eigenvalue weighted by molar-refractivity contribution is -0.137. The van der Waals surface area contributed by atoms with Crippen molar-refractivity contribution in [3.8, 4) is 0 Å². The number of hydrogen-bond acceptors (Lipinski definition) is 4. The summed E-state index contributed by atoms with van der Waals surface area (Å²) in [6.07, 6.45) is -2.21. The highest BCUT2D eigenvalue weighted by atomic mass is 32.1. The number of hydrogen-bond donors (Lipinski definition) is 0. The van der Waals surface area contributed by atoms with E-state index in [1.807, 2.05) is 19.9 Å². The second-order valence-electron chi connectivity index (χ2n) is 8.17. The molecule has 1 atom stereocenters. The first-order valence-corrected chi connectivity index (χ1v) is 9.86. The quantitative estimate of drug-likeness (QED) is 0.557. The van der Waals surface area contributed by atoms with Crippen LogP contribution in [0.25, 0.3) is 15.9 Å². The Balaban J connectivity index is 2.05. The van der Waals surface area contributed by atoms with Gasteiger partial charge in [-0.25, -0.2) is 9.78 Å². The summed E-state index contributed by atoms with van der Waals surface area (Å²) in [5.41, 5.74) is 1.79. The van der Waals surface area contributed by atoms with Gasteiger partial charge in [0, 0.05) is 12.1 Å². The van der Waals surface area contributed by atoms with Crippen molar-refractivity contribution in [2.24, 2.45) is 5.92 Å². The van der Waals surface area contributed by atoms with E-state index in [4.69, 9.17) is 4.74 Å². The molecule has 1 aromatic heterocycles. The summed E-state index contributed by atoms with van der Waals surface area (Å²) >= 11 is 0.628. The van der Waals surface area contributed by atoms with Crippen LogP contribution in [-0.4, -0.2) is 28.1 Å². The average molecular weight is 412 g/mol. The summed E-state index contributed by atoms with van der Waals surface area (Å²) in [6.45, 7) is 9.75. The van der Waals surface area contributed by atoms with Crippen LogP contribution in [0.2, 0.25) is 0 Å². The minimum absolute atomic E-state index is 0.261. The molecule has 152 valence electrons. The van der Waals surface area contributed by atoms with E-state index in [0.29, 0.717) is 33.8 Å². The Morgan fingerprint density at radius 3 is 2.57 bits per heavy atom. The molecule has 28 heavy (non-hydrogen) atoms. The van der Waals surface area contributed by atoms with Gasteiger partial charge in [-0.3, -0.25) is 4.90 Å². The number of amides is 1. The number of carbonyl (C=O) groups is 1. The number of aromatic nitrogens is 1.